The Bertz CT molecular complexity index is 1160. The molecular weight excluding hydrogens is 746 g/mol. The minimum Gasteiger partial charge on any atom is -1.00 e. The summed E-state index contributed by atoms with van der Waals surface area (Å²) in [6.45, 7) is 24.1. The fourth-order valence-corrected chi connectivity index (χ4v) is 16.2. The summed E-state index contributed by atoms with van der Waals surface area (Å²) in [4.78, 5) is 0. The summed E-state index contributed by atoms with van der Waals surface area (Å²) >= 11 is -1.46. The Kier molecular flexibility index (Phi) is 12.8. The fraction of sp³-hybridized carbons (Fsp3) is 0.529. The Morgan fingerprint density at radius 3 is 1.32 bits per heavy atom. The number of fused-ring (bicyclic) bond motifs is 2. The topological polar surface area (TPSA) is 18.5 Å². The average molecular weight is 796 g/mol. The molecule has 2 aromatic carbocycles. The number of hydrogen-bond acceptors (Lipinski definition) is 2. The molecule has 0 bridgehead atoms. The second-order valence-corrected chi connectivity index (χ2v) is 28.1. The van der Waals surface area contributed by atoms with Crippen LogP contribution in [0.15, 0.2) is 55.2 Å². The molecule has 7 heteroatoms. The van der Waals surface area contributed by atoms with Gasteiger partial charge in [0.15, 0.2) is 0 Å². The molecule has 224 valence electrons. The van der Waals surface area contributed by atoms with Crippen molar-refractivity contribution in [2.45, 2.75) is 116 Å². The maximum absolute atomic E-state index is 7.32. The van der Waals surface area contributed by atoms with Gasteiger partial charge in [-0.3, -0.25) is 0 Å². The summed E-state index contributed by atoms with van der Waals surface area (Å²) in [5.41, 5.74) is 5.46. The molecule has 0 unspecified atom stereocenters. The fourth-order valence-electron chi connectivity index (χ4n) is 5.97. The van der Waals surface area contributed by atoms with Crippen LogP contribution in [0.3, 0.4) is 0 Å². The van der Waals surface area contributed by atoms with Gasteiger partial charge in [0.1, 0.15) is 0 Å². The molecule has 2 atom stereocenters. The Hall–Kier alpha value is -0.276. The molecule has 0 aliphatic heterocycles. The van der Waals surface area contributed by atoms with Crippen molar-refractivity contribution >= 4 is 28.8 Å². The van der Waals surface area contributed by atoms with Crippen molar-refractivity contribution in [2.24, 2.45) is 0 Å². The van der Waals surface area contributed by atoms with E-state index in [0.29, 0.717) is 0 Å². The molecule has 0 N–H and O–H groups in total. The summed E-state index contributed by atoms with van der Waals surface area (Å²) in [5, 5.41) is 0.459. The monoisotopic (exact) mass is 796 g/mol. The predicted octanol–water partition coefficient (Wildman–Crippen LogP) is 4.87. The van der Waals surface area contributed by atoms with E-state index >= 15 is 0 Å². The van der Waals surface area contributed by atoms with Gasteiger partial charge in [-0.25, -0.2) is 0 Å². The number of benzene rings is 2. The normalized spacial score (nSPS) is 18.4. The van der Waals surface area contributed by atoms with Gasteiger partial charge >= 0.3 is 254 Å². The van der Waals surface area contributed by atoms with Crippen LogP contribution in [-0.4, -0.2) is 16.6 Å². The first kappa shape index (κ1) is 36.9. The zero-order valence-corrected chi connectivity index (χ0v) is 33.9. The van der Waals surface area contributed by atoms with Crippen LogP contribution in [0.2, 0.25) is 36.3 Å². The van der Waals surface area contributed by atoms with Gasteiger partial charge in [0, 0.05) is 0 Å². The van der Waals surface area contributed by atoms with Gasteiger partial charge in [-0.15, -0.1) is 0 Å². The van der Waals surface area contributed by atoms with Gasteiger partial charge in [-0.1, -0.05) is 0 Å². The number of halogens is 2. The SMILES string of the molecule is CCCC(C)(C)[Si](C)(C)O[C@@H]1[C]([Hf+2][C]2=Cc3ccccc3[C@H]2O[Si](C)(C)C(C)(C)CCC)=Cc2ccccc21.[Cl-].[Cl-]. The third-order valence-corrected chi connectivity index (χ3v) is 23.5. The zero-order chi connectivity index (χ0) is 28.6. The second-order valence-electron chi connectivity index (χ2n) is 13.9. The predicted molar refractivity (Wildman–Crippen MR) is 169 cm³/mol. The standard InChI is InChI=1S/2C17H25OSi.2ClH.Hf/c2*1-6-13-17(2,3)19(4,5)18-16-12-11-14-9-7-8-10-15(14)16;;;/h2*7-11,16H,6,13H2,1-5H3;2*1H;/q;;;;+2/p-2/t2*16-;;;/m10.../s1. The summed E-state index contributed by atoms with van der Waals surface area (Å²) < 4.78 is 17.8. The van der Waals surface area contributed by atoms with E-state index in [4.69, 9.17) is 8.85 Å². The van der Waals surface area contributed by atoms with Crippen molar-refractivity contribution in [1.82, 2.24) is 0 Å². The van der Waals surface area contributed by atoms with Crippen LogP contribution < -0.4 is 24.8 Å². The number of hydrogen-bond donors (Lipinski definition) is 0. The summed E-state index contributed by atoms with van der Waals surface area (Å²) in [5.74, 6) is 0. The summed E-state index contributed by atoms with van der Waals surface area (Å²) in [7, 11) is -3.98. The van der Waals surface area contributed by atoms with Crippen molar-refractivity contribution in [3.8, 4) is 0 Å². The molecule has 0 aromatic heterocycles. The molecule has 0 saturated heterocycles. The first-order valence-electron chi connectivity index (χ1n) is 15.0. The van der Waals surface area contributed by atoms with Gasteiger partial charge in [0.2, 0.25) is 0 Å². The van der Waals surface area contributed by atoms with E-state index in [1.165, 1.54) is 47.9 Å². The number of rotatable bonds is 12. The maximum Gasteiger partial charge on any atom is -1.00 e. The van der Waals surface area contributed by atoms with Crippen LogP contribution in [0.4, 0.5) is 0 Å². The first-order valence-corrected chi connectivity index (χ1v) is 24.4. The molecule has 2 aromatic rings. The van der Waals surface area contributed by atoms with E-state index < -0.39 is 39.5 Å². The minimum absolute atomic E-state index is 0. The molecular formula is C34H50Cl2HfO2Si2. The van der Waals surface area contributed by atoms with E-state index in [1.807, 2.05) is 0 Å². The molecule has 0 heterocycles. The van der Waals surface area contributed by atoms with Crippen molar-refractivity contribution in [3.05, 3.63) is 77.4 Å². The van der Waals surface area contributed by atoms with E-state index in [-0.39, 0.29) is 47.1 Å². The molecule has 0 radical (unpaired) electrons. The average Bonchev–Trinajstić information content (AvgIpc) is 3.36. The van der Waals surface area contributed by atoms with Crippen molar-refractivity contribution in [1.29, 1.82) is 0 Å². The van der Waals surface area contributed by atoms with Crippen LogP contribution in [0.25, 0.3) is 12.2 Å². The van der Waals surface area contributed by atoms with Crippen LogP contribution in [0.5, 0.6) is 0 Å². The Balaban J connectivity index is 0.00000294. The maximum atomic E-state index is 7.32. The first-order chi connectivity index (χ1) is 18.2. The van der Waals surface area contributed by atoms with Crippen LogP contribution >= 0.6 is 0 Å². The Morgan fingerprint density at radius 2 is 0.976 bits per heavy atom. The van der Waals surface area contributed by atoms with Crippen molar-refractivity contribution in [2.75, 3.05) is 0 Å². The molecule has 4 rings (SSSR count). The molecule has 2 aliphatic carbocycles. The largest absolute Gasteiger partial charge is 1.00 e. The van der Waals surface area contributed by atoms with Gasteiger partial charge in [-0.2, -0.15) is 0 Å². The molecule has 0 spiro atoms. The van der Waals surface area contributed by atoms with Crippen LogP contribution in [0, 0.1) is 0 Å². The third kappa shape index (κ3) is 7.69. The Morgan fingerprint density at radius 1 is 0.634 bits per heavy atom. The molecule has 0 saturated carbocycles. The molecule has 2 aliphatic rings. The molecule has 0 fully saturated rings. The van der Waals surface area contributed by atoms with Crippen molar-refractivity contribution < 1.29 is 56.6 Å². The van der Waals surface area contributed by atoms with Gasteiger partial charge in [0.25, 0.3) is 0 Å². The van der Waals surface area contributed by atoms with Gasteiger partial charge in [-0.05, 0) is 0 Å². The van der Waals surface area contributed by atoms with Gasteiger partial charge in [0.05, 0.1) is 0 Å². The van der Waals surface area contributed by atoms with Crippen molar-refractivity contribution in [3.63, 3.8) is 0 Å². The van der Waals surface area contributed by atoms with Crippen LogP contribution in [-0.2, 0) is 31.8 Å². The second kappa shape index (κ2) is 14.2. The minimum atomic E-state index is -1.99. The molecule has 41 heavy (non-hydrogen) atoms. The quantitative estimate of drug-likeness (QED) is 0.286. The Labute approximate surface area is 276 Å². The summed E-state index contributed by atoms with van der Waals surface area (Å²) in [6, 6.07) is 17.9. The van der Waals surface area contributed by atoms with E-state index in [1.54, 1.807) is 6.66 Å². The van der Waals surface area contributed by atoms with E-state index in [0.717, 1.165) is 0 Å². The third-order valence-electron chi connectivity index (χ3n) is 9.87. The van der Waals surface area contributed by atoms with E-state index in [9.17, 15) is 0 Å². The van der Waals surface area contributed by atoms with Crippen LogP contribution in [0.1, 0.15) is 102 Å². The smallest absolute Gasteiger partial charge is 1.00 e. The van der Waals surface area contributed by atoms with Gasteiger partial charge < -0.3 is 24.8 Å². The molecule has 2 nitrogen and oxygen atoms in total. The van der Waals surface area contributed by atoms with E-state index in [2.05, 4.69) is 128 Å². The molecule has 0 amide bonds. The summed E-state index contributed by atoms with van der Waals surface area (Å²) in [6.07, 6.45) is 10.0. The zero-order valence-electron chi connectivity index (χ0n) is 26.8.